The van der Waals surface area contributed by atoms with Crippen LogP contribution in [0.15, 0.2) is 0 Å². The molecule has 0 bridgehead atoms. The Hall–Kier alpha value is -0.233. The number of ether oxygens (including phenoxy) is 2. The molecule has 0 aliphatic carbocycles. The Morgan fingerprint density at radius 1 is 1.28 bits per heavy atom. The topological polar surface area (TPSA) is 44.8 Å². The van der Waals surface area contributed by atoms with Crippen LogP contribution in [0.4, 0.5) is 0 Å². The Morgan fingerprint density at radius 3 is 2.28 bits per heavy atom. The molecule has 2 atom stereocenters. The molecule has 1 saturated heterocycles. The molecule has 1 aliphatic heterocycles. The van der Waals surface area contributed by atoms with Gasteiger partial charge in [-0.05, 0) is 32.0 Å². The van der Waals surface area contributed by atoms with Gasteiger partial charge in [0, 0.05) is 0 Å². The van der Waals surface area contributed by atoms with E-state index in [9.17, 15) is 4.79 Å². The number of hydrogen-bond acceptors (Lipinski definition) is 4. The lowest BCUT2D eigenvalue weighted by molar-refractivity contribution is -0.151. The number of hydrogen-bond donors (Lipinski definition) is 0. The van der Waals surface area contributed by atoms with Crippen molar-refractivity contribution in [3.63, 3.8) is 0 Å². The van der Waals surface area contributed by atoms with Crippen molar-refractivity contribution in [2.45, 2.75) is 70.7 Å². The van der Waals surface area contributed by atoms with E-state index in [1.807, 2.05) is 13.8 Å². The molecule has 1 aliphatic rings. The molecule has 0 aromatic heterocycles. The summed E-state index contributed by atoms with van der Waals surface area (Å²) in [6, 6.07) is 0. The fourth-order valence-corrected chi connectivity index (χ4v) is 2.63. The largest absolute Gasteiger partial charge is 0.414 e. The highest BCUT2D eigenvalue weighted by Crippen LogP contribution is 2.37. The highest BCUT2D eigenvalue weighted by molar-refractivity contribution is 6.74. The minimum Gasteiger partial charge on any atom is -0.414 e. The summed E-state index contributed by atoms with van der Waals surface area (Å²) in [6.07, 6.45) is -0.0228. The highest BCUT2D eigenvalue weighted by Gasteiger charge is 2.44. The third-order valence-electron chi connectivity index (χ3n) is 3.77. The molecule has 0 amide bonds. The van der Waals surface area contributed by atoms with E-state index in [4.69, 9.17) is 13.9 Å². The van der Waals surface area contributed by atoms with Gasteiger partial charge in [0.2, 0.25) is 0 Å². The standard InChI is InChI=1S/C13H26O4Si/c1-12(2,3)18(6,7)15-9-11-10(8-14)16-13(4,5)17-11/h8,10-11H,9H2,1-7H3/t10-,11+/m1/s1. The Labute approximate surface area is 111 Å². The van der Waals surface area contributed by atoms with E-state index in [0.29, 0.717) is 6.61 Å². The predicted molar refractivity (Wildman–Crippen MR) is 73.0 cm³/mol. The summed E-state index contributed by atoms with van der Waals surface area (Å²) in [5.41, 5.74) is 0. The summed E-state index contributed by atoms with van der Waals surface area (Å²) in [7, 11) is -1.81. The predicted octanol–water partition coefficient (Wildman–Crippen LogP) is 2.73. The van der Waals surface area contributed by atoms with Gasteiger partial charge in [-0.3, -0.25) is 0 Å². The summed E-state index contributed by atoms with van der Waals surface area (Å²) in [4.78, 5) is 11.0. The van der Waals surface area contributed by atoms with Gasteiger partial charge in [-0.1, -0.05) is 20.8 Å². The van der Waals surface area contributed by atoms with E-state index in [2.05, 4.69) is 33.9 Å². The molecule has 1 heterocycles. The van der Waals surface area contributed by atoms with E-state index in [0.717, 1.165) is 6.29 Å². The van der Waals surface area contributed by atoms with Crippen LogP contribution in [0.5, 0.6) is 0 Å². The van der Waals surface area contributed by atoms with Crippen molar-refractivity contribution >= 4 is 14.6 Å². The van der Waals surface area contributed by atoms with Crippen molar-refractivity contribution < 1.29 is 18.7 Å². The average Bonchev–Trinajstić information content (AvgIpc) is 2.48. The van der Waals surface area contributed by atoms with Gasteiger partial charge in [-0.15, -0.1) is 0 Å². The summed E-state index contributed by atoms with van der Waals surface area (Å²) in [5, 5.41) is 0.151. The zero-order chi connectivity index (χ0) is 14.2. The molecule has 5 heteroatoms. The second-order valence-corrected chi connectivity index (χ2v) is 11.7. The normalized spacial score (nSPS) is 28.4. The molecule has 0 N–H and O–H groups in total. The Morgan fingerprint density at radius 2 is 1.83 bits per heavy atom. The lowest BCUT2D eigenvalue weighted by atomic mass is 10.2. The van der Waals surface area contributed by atoms with Gasteiger partial charge in [-0.2, -0.15) is 0 Å². The number of carbonyl (C=O) groups is 1. The molecular weight excluding hydrogens is 248 g/mol. The maximum Gasteiger partial charge on any atom is 0.192 e. The van der Waals surface area contributed by atoms with Crippen LogP contribution in [-0.2, 0) is 18.7 Å². The number of rotatable bonds is 4. The van der Waals surface area contributed by atoms with Gasteiger partial charge in [0.25, 0.3) is 0 Å². The van der Waals surface area contributed by atoms with Crippen molar-refractivity contribution in [2.24, 2.45) is 0 Å². The molecule has 1 rings (SSSR count). The molecule has 0 aromatic rings. The van der Waals surface area contributed by atoms with Gasteiger partial charge in [0.05, 0.1) is 6.61 Å². The van der Waals surface area contributed by atoms with Crippen LogP contribution in [0.25, 0.3) is 0 Å². The quantitative estimate of drug-likeness (QED) is 0.584. The first-order valence-corrected chi connectivity index (χ1v) is 9.34. The Kier molecular flexibility index (Phi) is 4.43. The van der Waals surface area contributed by atoms with Crippen molar-refractivity contribution in [3.05, 3.63) is 0 Å². The third kappa shape index (κ3) is 3.63. The minimum atomic E-state index is -1.81. The number of aldehydes is 1. The second kappa shape index (κ2) is 5.04. The van der Waals surface area contributed by atoms with Gasteiger partial charge in [0.15, 0.2) is 20.4 Å². The molecule has 106 valence electrons. The van der Waals surface area contributed by atoms with Crippen LogP contribution in [0.3, 0.4) is 0 Å². The third-order valence-corrected chi connectivity index (χ3v) is 8.27. The van der Waals surface area contributed by atoms with Crippen molar-refractivity contribution in [1.29, 1.82) is 0 Å². The molecule has 0 aromatic carbocycles. The molecule has 0 radical (unpaired) electrons. The maximum atomic E-state index is 11.0. The van der Waals surface area contributed by atoms with Crippen LogP contribution < -0.4 is 0 Å². The molecule has 1 fully saturated rings. The van der Waals surface area contributed by atoms with Gasteiger partial charge in [-0.25, -0.2) is 0 Å². The highest BCUT2D eigenvalue weighted by atomic mass is 28.4. The first-order chi connectivity index (χ1) is 7.98. The van der Waals surface area contributed by atoms with E-state index in [1.165, 1.54) is 0 Å². The lowest BCUT2D eigenvalue weighted by Gasteiger charge is -2.37. The van der Waals surface area contributed by atoms with Gasteiger partial charge < -0.3 is 18.7 Å². The van der Waals surface area contributed by atoms with Crippen LogP contribution in [0, 0.1) is 0 Å². The molecule has 0 unspecified atom stereocenters. The number of carbonyl (C=O) groups excluding carboxylic acids is 1. The SMILES string of the molecule is CC1(C)O[C@@H](CO[Si](C)(C)C(C)(C)C)[C@@H](C=O)O1. The summed E-state index contributed by atoms with van der Waals surface area (Å²) in [5.74, 6) is -0.701. The van der Waals surface area contributed by atoms with Gasteiger partial charge >= 0.3 is 0 Å². The van der Waals surface area contributed by atoms with Crippen molar-refractivity contribution in [3.8, 4) is 0 Å². The molecule has 18 heavy (non-hydrogen) atoms. The molecular formula is C13H26O4Si. The first-order valence-electron chi connectivity index (χ1n) is 6.43. The van der Waals surface area contributed by atoms with Gasteiger partial charge in [0.1, 0.15) is 12.2 Å². The van der Waals surface area contributed by atoms with Crippen molar-refractivity contribution in [2.75, 3.05) is 6.61 Å². The van der Waals surface area contributed by atoms with Crippen LogP contribution in [0.1, 0.15) is 34.6 Å². The average molecular weight is 274 g/mol. The van der Waals surface area contributed by atoms with E-state index in [-0.39, 0.29) is 11.1 Å². The van der Waals surface area contributed by atoms with Crippen molar-refractivity contribution in [1.82, 2.24) is 0 Å². The van der Waals surface area contributed by atoms with E-state index >= 15 is 0 Å². The summed E-state index contributed by atoms with van der Waals surface area (Å²) in [6.45, 7) is 15.0. The smallest absolute Gasteiger partial charge is 0.192 e. The molecule has 4 nitrogen and oxygen atoms in total. The van der Waals surface area contributed by atoms with Crippen LogP contribution >= 0.6 is 0 Å². The van der Waals surface area contributed by atoms with Crippen LogP contribution in [-0.4, -0.2) is 39.2 Å². The summed E-state index contributed by atoms with van der Waals surface area (Å²) < 4.78 is 17.3. The zero-order valence-electron chi connectivity index (χ0n) is 12.6. The fraction of sp³-hybridized carbons (Fsp3) is 0.923. The first kappa shape index (κ1) is 15.8. The lowest BCUT2D eigenvalue weighted by Crippen LogP contribution is -2.44. The Balaban J connectivity index is 2.61. The maximum absolute atomic E-state index is 11.0. The van der Waals surface area contributed by atoms with Crippen LogP contribution in [0.2, 0.25) is 18.1 Å². The zero-order valence-corrected chi connectivity index (χ0v) is 13.6. The minimum absolute atomic E-state index is 0.151. The fourth-order valence-electron chi connectivity index (χ4n) is 1.61. The van der Waals surface area contributed by atoms with E-state index in [1.54, 1.807) is 0 Å². The summed E-state index contributed by atoms with van der Waals surface area (Å²) >= 11 is 0. The molecule has 0 saturated carbocycles. The second-order valence-electron chi connectivity index (χ2n) is 6.85. The van der Waals surface area contributed by atoms with E-state index < -0.39 is 20.2 Å². The molecule has 0 spiro atoms. The Bertz CT molecular complexity index is 307. The monoisotopic (exact) mass is 274 g/mol.